The van der Waals surface area contributed by atoms with Gasteiger partial charge in [0.05, 0.1) is 22.5 Å². The predicted molar refractivity (Wildman–Crippen MR) is 121 cm³/mol. The van der Waals surface area contributed by atoms with Crippen LogP contribution in [0.4, 0.5) is 24.5 Å². The average Bonchev–Trinajstić information content (AvgIpc) is 2.82. The summed E-state index contributed by atoms with van der Waals surface area (Å²) in [6.45, 7) is -1.20. The number of carbonyl (C=O) groups is 2. The smallest absolute Gasteiger partial charge is 0.385 e. The third kappa shape index (κ3) is 5.96. The summed E-state index contributed by atoms with van der Waals surface area (Å²) in [5, 5.41) is 3.51. The van der Waals surface area contributed by atoms with Crippen LogP contribution in [0.25, 0.3) is 10.8 Å². The summed E-state index contributed by atoms with van der Waals surface area (Å²) >= 11 is 5.30. The zero-order chi connectivity index (χ0) is 25.8. The number of esters is 2. The number of pyridine rings is 1. The second-order valence-electron chi connectivity index (χ2n) is 6.77. The van der Waals surface area contributed by atoms with Gasteiger partial charge in [0, 0.05) is 28.7 Å². The molecule has 0 aliphatic rings. The van der Waals surface area contributed by atoms with Crippen molar-refractivity contribution < 1.29 is 35.9 Å². The van der Waals surface area contributed by atoms with Crippen LogP contribution in [-0.2, 0) is 24.3 Å². The molecule has 3 aromatic rings. The largest absolute Gasteiger partial charge is 0.491 e. The van der Waals surface area contributed by atoms with E-state index in [0.29, 0.717) is 20.8 Å². The molecular formula is C20H15ClF3N5O5S. The lowest BCUT2D eigenvalue weighted by Gasteiger charge is -2.23. The van der Waals surface area contributed by atoms with Crippen LogP contribution in [0, 0.1) is 0 Å². The minimum Gasteiger partial charge on any atom is -0.385 e. The molecule has 1 heterocycles. The number of aromatic nitrogens is 1. The zero-order valence-electron chi connectivity index (χ0n) is 17.4. The van der Waals surface area contributed by atoms with Crippen molar-refractivity contribution >= 4 is 61.8 Å². The van der Waals surface area contributed by atoms with E-state index in [9.17, 15) is 31.2 Å². The van der Waals surface area contributed by atoms with E-state index in [2.05, 4.69) is 19.5 Å². The highest BCUT2D eigenvalue weighted by Gasteiger charge is 2.43. The van der Waals surface area contributed by atoms with Crippen LogP contribution >= 0.6 is 11.8 Å². The molecule has 0 unspecified atom stereocenters. The van der Waals surface area contributed by atoms with Crippen LogP contribution in [0.2, 0.25) is 0 Å². The highest BCUT2D eigenvalue weighted by atomic mass is 35.5. The van der Waals surface area contributed by atoms with Crippen molar-refractivity contribution in [1.29, 1.82) is 0 Å². The van der Waals surface area contributed by atoms with Gasteiger partial charge < -0.3 is 15.8 Å². The number of fused-ring (bicyclic) bond motifs is 1. The Morgan fingerprint density at radius 3 is 2.46 bits per heavy atom. The molecule has 0 fully saturated rings. The summed E-state index contributed by atoms with van der Waals surface area (Å²) in [6.07, 6.45) is -2.67. The Morgan fingerprint density at radius 1 is 1.14 bits per heavy atom. The standard InChI is InChI=1S/C20H15ClF3N5O5S/c21-28-19(25)27-16-10-26-9-12-8-14(6-7-15(12)16)35(32,33)29(13-4-2-1-3-5-13)11-17(30)34-18(31)20(22,23)24/h1-10H,11H2,(H3,25,27,28). The molecule has 0 bridgehead atoms. The van der Waals surface area contributed by atoms with Crippen LogP contribution in [-0.4, -0.2) is 44.0 Å². The van der Waals surface area contributed by atoms with E-state index in [-0.39, 0.29) is 16.5 Å². The molecule has 10 nitrogen and oxygen atoms in total. The Bertz CT molecular complexity index is 1400. The minimum absolute atomic E-state index is 0.0522. The third-order valence-corrected chi connectivity index (χ3v) is 6.38. The number of nitrogens with two attached hydrogens (primary N) is 1. The van der Waals surface area contributed by atoms with Gasteiger partial charge in [-0.1, -0.05) is 24.3 Å². The molecule has 0 aliphatic carbocycles. The number of nitrogens with zero attached hydrogens (tertiary/aromatic N) is 3. The van der Waals surface area contributed by atoms with Crippen LogP contribution < -0.4 is 15.4 Å². The summed E-state index contributed by atoms with van der Waals surface area (Å²) in [7, 11) is -4.53. The lowest BCUT2D eigenvalue weighted by atomic mass is 10.1. The van der Waals surface area contributed by atoms with Gasteiger partial charge in [-0.05, 0) is 24.3 Å². The molecule has 0 aliphatic heterocycles. The highest BCUT2D eigenvalue weighted by Crippen LogP contribution is 2.29. The Labute approximate surface area is 201 Å². The number of para-hydroxylation sites is 1. The van der Waals surface area contributed by atoms with Crippen molar-refractivity contribution in [2.75, 3.05) is 16.2 Å². The Hall–Kier alpha value is -3.91. The van der Waals surface area contributed by atoms with E-state index < -0.39 is 34.7 Å². The first-order chi connectivity index (χ1) is 16.4. The Morgan fingerprint density at radius 2 is 1.83 bits per heavy atom. The van der Waals surface area contributed by atoms with Gasteiger partial charge in [-0.25, -0.2) is 18.0 Å². The van der Waals surface area contributed by atoms with Gasteiger partial charge in [-0.15, -0.1) is 4.51 Å². The van der Waals surface area contributed by atoms with Crippen LogP contribution in [0.5, 0.6) is 0 Å². The number of benzene rings is 2. The number of guanidine groups is 1. The van der Waals surface area contributed by atoms with E-state index in [1.54, 1.807) is 6.07 Å². The first kappa shape index (κ1) is 25.7. The number of carbonyl (C=O) groups excluding carboxylic acids is 2. The third-order valence-electron chi connectivity index (χ3n) is 4.43. The fraction of sp³-hybridized carbons (Fsp3) is 0.100. The fourth-order valence-electron chi connectivity index (χ4n) is 2.92. The second kappa shape index (κ2) is 10.1. The number of rotatable bonds is 6. The monoisotopic (exact) mass is 529 g/mol. The van der Waals surface area contributed by atoms with Crippen molar-refractivity contribution in [3.05, 3.63) is 60.9 Å². The van der Waals surface area contributed by atoms with Gasteiger partial charge in [-0.2, -0.15) is 13.2 Å². The number of nitrogens with one attached hydrogen (secondary N) is 1. The molecule has 0 amide bonds. The van der Waals surface area contributed by atoms with Gasteiger partial charge in [0.1, 0.15) is 6.54 Å². The number of hydrogen-bond donors (Lipinski definition) is 2. The van der Waals surface area contributed by atoms with E-state index in [1.165, 1.54) is 54.9 Å². The van der Waals surface area contributed by atoms with E-state index in [0.717, 1.165) is 0 Å². The maximum atomic E-state index is 13.4. The number of ether oxygens (including phenoxy) is 1. The maximum absolute atomic E-state index is 13.4. The van der Waals surface area contributed by atoms with Gasteiger partial charge in [0.15, 0.2) is 0 Å². The molecular weight excluding hydrogens is 515 g/mol. The fourth-order valence-corrected chi connectivity index (χ4v) is 4.41. The molecule has 2 aromatic carbocycles. The molecule has 35 heavy (non-hydrogen) atoms. The van der Waals surface area contributed by atoms with Crippen LogP contribution in [0.1, 0.15) is 0 Å². The maximum Gasteiger partial charge on any atom is 0.491 e. The van der Waals surface area contributed by atoms with Crippen molar-refractivity contribution in [3.8, 4) is 0 Å². The number of hydrogen-bond acceptors (Lipinski definition) is 7. The normalized spacial score (nSPS) is 12.3. The van der Waals surface area contributed by atoms with Gasteiger partial charge >= 0.3 is 18.1 Å². The van der Waals surface area contributed by atoms with Crippen LogP contribution in [0.15, 0.2) is 70.3 Å². The first-order valence-electron chi connectivity index (χ1n) is 9.42. The SMILES string of the molecule is NC(=NCl)Nc1cncc2cc(S(=O)(=O)N(CC(=O)OC(=O)C(F)(F)F)c3ccccc3)ccc12. The molecule has 0 radical (unpaired) electrons. The number of sulfonamides is 1. The topological polar surface area (TPSA) is 144 Å². The number of anilines is 2. The molecule has 0 atom stereocenters. The molecule has 1 aromatic heterocycles. The molecule has 15 heteroatoms. The van der Waals surface area contributed by atoms with E-state index >= 15 is 0 Å². The Kier molecular flexibility index (Phi) is 7.45. The number of halogens is 4. The van der Waals surface area contributed by atoms with E-state index in [1.807, 2.05) is 0 Å². The van der Waals surface area contributed by atoms with Gasteiger partial charge in [0.25, 0.3) is 10.0 Å². The lowest BCUT2D eigenvalue weighted by molar-refractivity contribution is -0.201. The summed E-state index contributed by atoms with van der Waals surface area (Å²) in [5.41, 5.74) is 5.86. The molecule has 3 N–H and O–H groups in total. The molecule has 0 spiro atoms. The van der Waals surface area contributed by atoms with Crippen molar-refractivity contribution in [2.24, 2.45) is 10.2 Å². The highest BCUT2D eigenvalue weighted by molar-refractivity contribution is 7.92. The van der Waals surface area contributed by atoms with E-state index in [4.69, 9.17) is 17.5 Å². The molecule has 184 valence electrons. The Balaban J connectivity index is 2.01. The molecule has 0 saturated heterocycles. The lowest BCUT2D eigenvalue weighted by Crippen LogP contribution is -2.39. The van der Waals surface area contributed by atoms with Gasteiger partial charge in [0.2, 0.25) is 5.96 Å². The predicted octanol–water partition coefficient (Wildman–Crippen LogP) is 2.94. The first-order valence-corrected chi connectivity index (χ1v) is 11.2. The summed E-state index contributed by atoms with van der Waals surface area (Å²) in [6, 6.07) is 11.0. The van der Waals surface area contributed by atoms with Crippen molar-refractivity contribution in [2.45, 2.75) is 11.1 Å². The molecule has 3 rings (SSSR count). The van der Waals surface area contributed by atoms with Gasteiger partial charge in [-0.3, -0.25) is 9.29 Å². The second-order valence-corrected chi connectivity index (χ2v) is 8.80. The van der Waals surface area contributed by atoms with Crippen molar-refractivity contribution in [1.82, 2.24) is 4.98 Å². The molecule has 0 saturated carbocycles. The summed E-state index contributed by atoms with van der Waals surface area (Å²) < 4.78 is 71.8. The number of alkyl halides is 3. The van der Waals surface area contributed by atoms with Crippen LogP contribution in [0.3, 0.4) is 0 Å². The average molecular weight is 530 g/mol. The minimum atomic E-state index is -5.43. The summed E-state index contributed by atoms with van der Waals surface area (Å²) in [5.74, 6) is -4.62. The zero-order valence-corrected chi connectivity index (χ0v) is 18.9. The summed E-state index contributed by atoms with van der Waals surface area (Å²) in [4.78, 5) is 26.7. The quantitative estimate of drug-likeness (QED) is 0.215. The van der Waals surface area contributed by atoms with Crippen molar-refractivity contribution in [3.63, 3.8) is 0 Å².